The summed E-state index contributed by atoms with van der Waals surface area (Å²) in [4.78, 5) is 11.7. The summed E-state index contributed by atoms with van der Waals surface area (Å²) in [6, 6.07) is 10.5. The molecule has 0 aliphatic carbocycles. The zero-order chi connectivity index (χ0) is 15.9. The van der Waals surface area contributed by atoms with Crippen LogP contribution < -0.4 is 5.32 Å². The van der Waals surface area contributed by atoms with Crippen LogP contribution >= 0.6 is 0 Å². The molecule has 0 saturated heterocycles. The molecule has 0 heterocycles. The largest absolute Gasteiger partial charge is 0.356 e. The Hall–Kier alpha value is -1.31. The summed E-state index contributed by atoms with van der Waals surface area (Å²) in [7, 11) is 0. The third kappa shape index (κ3) is 10.4. The van der Waals surface area contributed by atoms with Crippen molar-refractivity contribution in [2.75, 3.05) is 6.54 Å². The van der Waals surface area contributed by atoms with Crippen LogP contribution in [-0.4, -0.2) is 12.5 Å². The van der Waals surface area contributed by atoms with Crippen molar-refractivity contribution in [2.24, 2.45) is 0 Å². The predicted molar refractivity (Wildman–Crippen MR) is 95.0 cm³/mol. The van der Waals surface area contributed by atoms with Gasteiger partial charge in [0.2, 0.25) is 5.91 Å². The van der Waals surface area contributed by atoms with Crippen molar-refractivity contribution in [2.45, 2.75) is 77.6 Å². The van der Waals surface area contributed by atoms with Crippen LogP contribution in [0.2, 0.25) is 0 Å². The van der Waals surface area contributed by atoms with Crippen LogP contribution in [0.1, 0.15) is 76.7 Å². The summed E-state index contributed by atoms with van der Waals surface area (Å²) in [5.74, 6) is 0.221. The highest BCUT2D eigenvalue weighted by molar-refractivity contribution is 5.75. The number of hydrogen-bond acceptors (Lipinski definition) is 1. The first-order valence-electron chi connectivity index (χ1n) is 9.13. The normalized spacial score (nSPS) is 10.6. The maximum atomic E-state index is 11.7. The van der Waals surface area contributed by atoms with Crippen LogP contribution in [0, 0.1) is 0 Å². The van der Waals surface area contributed by atoms with Gasteiger partial charge in [-0.2, -0.15) is 0 Å². The molecule has 1 N–H and O–H groups in total. The van der Waals surface area contributed by atoms with Gasteiger partial charge in [-0.25, -0.2) is 0 Å². The fraction of sp³-hybridized carbons (Fsp3) is 0.650. The van der Waals surface area contributed by atoms with Gasteiger partial charge in [-0.05, 0) is 24.8 Å². The molecule has 0 aromatic heterocycles. The molecule has 0 saturated carbocycles. The third-order valence-corrected chi connectivity index (χ3v) is 4.06. The van der Waals surface area contributed by atoms with E-state index >= 15 is 0 Å². The van der Waals surface area contributed by atoms with E-state index in [4.69, 9.17) is 0 Å². The SMILES string of the molecule is CCCCCCCCCCC(=O)NCCCc1ccccc1. The Bertz CT molecular complexity index is 375. The van der Waals surface area contributed by atoms with Gasteiger partial charge < -0.3 is 5.32 Å². The van der Waals surface area contributed by atoms with Crippen molar-refractivity contribution >= 4 is 5.91 Å². The maximum Gasteiger partial charge on any atom is 0.219 e. The molecule has 1 rings (SSSR count). The number of amides is 1. The van der Waals surface area contributed by atoms with E-state index in [0.29, 0.717) is 6.42 Å². The fourth-order valence-corrected chi connectivity index (χ4v) is 2.67. The molecular formula is C20H33NO. The molecule has 0 radical (unpaired) electrons. The molecule has 2 heteroatoms. The van der Waals surface area contributed by atoms with Gasteiger partial charge in [-0.3, -0.25) is 4.79 Å². The number of benzene rings is 1. The average molecular weight is 303 g/mol. The molecule has 0 atom stereocenters. The van der Waals surface area contributed by atoms with Crippen LogP contribution in [0.5, 0.6) is 0 Å². The second-order valence-corrected chi connectivity index (χ2v) is 6.16. The topological polar surface area (TPSA) is 29.1 Å². The van der Waals surface area contributed by atoms with Crippen molar-refractivity contribution in [1.82, 2.24) is 5.32 Å². The van der Waals surface area contributed by atoms with Crippen LogP contribution in [0.3, 0.4) is 0 Å². The van der Waals surface area contributed by atoms with Gasteiger partial charge in [0.1, 0.15) is 0 Å². The quantitative estimate of drug-likeness (QED) is 0.494. The highest BCUT2D eigenvalue weighted by atomic mass is 16.1. The minimum absolute atomic E-state index is 0.221. The van der Waals surface area contributed by atoms with Crippen molar-refractivity contribution in [3.05, 3.63) is 35.9 Å². The summed E-state index contributed by atoms with van der Waals surface area (Å²) in [5, 5.41) is 3.03. The predicted octanol–water partition coefficient (Wildman–Crippen LogP) is 5.27. The first-order valence-corrected chi connectivity index (χ1v) is 9.13. The van der Waals surface area contributed by atoms with Gasteiger partial charge in [-0.1, -0.05) is 82.2 Å². The number of rotatable bonds is 13. The lowest BCUT2D eigenvalue weighted by Gasteiger charge is -2.05. The van der Waals surface area contributed by atoms with Gasteiger partial charge in [-0.15, -0.1) is 0 Å². The number of aryl methyl sites for hydroxylation is 1. The molecule has 0 fully saturated rings. The summed E-state index contributed by atoms with van der Waals surface area (Å²) >= 11 is 0. The van der Waals surface area contributed by atoms with Gasteiger partial charge in [0.25, 0.3) is 0 Å². The van der Waals surface area contributed by atoms with E-state index in [9.17, 15) is 4.79 Å². The van der Waals surface area contributed by atoms with Crippen LogP contribution in [-0.2, 0) is 11.2 Å². The number of carbonyl (C=O) groups is 1. The number of carbonyl (C=O) groups excluding carboxylic acids is 1. The second-order valence-electron chi connectivity index (χ2n) is 6.16. The Labute approximate surface area is 136 Å². The Morgan fingerprint density at radius 1 is 0.864 bits per heavy atom. The molecule has 0 bridgehead atoms. The van der Waals surface area contributed by atoms with Gasteiger partial charge >= 0.3 is 0 Å². The Kier molecular flexibility index (Phi) is 11.4. The summed E-state index contributed by atoms with van der Waals surface area (Å²) in [5.41, 5.74) is 1.35. The molecule has 1 aromatic rings. The Morgan fingerprint density at radius 3 is 2.18 bits per heavy atom. The minimum atomic E-state index is 0.221. The minimum Gasteiger partial charge on any atom is -0.356 e. The Balaban J connectivity index is 1.87. The number of nitrogens with one attached hydrogen (secondary N) is 1. The Morgan fingerprint density at radius 2 is 1.50 bits per heavy atom. The molecule has 0 aliphatic rings. The average Bonchev–Trinajstić information content (AvgIpc) is 2.55. The molecule has 22 heavy (non-hydrogen) atoms. The molecule has 1 amide bonds. The molecule has 0 spiro atoms. The highest BCUT2D eigenvalue weighted by Gasteiger charge is 2.00. The molecular weight excluding hydrogens is 270 g/mol. The molecule has 0 aliphatic heterocycles. The lowest BCUT2D eigenvalue weighted by molar-refractivity contribution is -0.121. The lowest BCUT2D eigenvalue weighted by atomic mass is 10.1. The number of hydrogen-bond donors (Lipinski definition) is 1. The highest BCUT2D eigenvalue weighted by Crippen LogP contribution is 2.09. The van der Waals surface area contributed by atoms with E-state index in [-0.39, 0.29) is 5.91 Å². The molecule has 0 unspecified atom stereocenters. The zero-order valence-electron chi connectivity index (χ0n) is 14.3. The van der Waals surface area contributed by atoms with Crippen molar-refractivity contribution in [3.8, 4) is 0 Å². The molecule has 1 aromatic carbocycles. The standard InChI is InChI=1S/C20H33NO/c1-2-3-4-5-6-7-8-12-17-20(22)21-18-13-16-19-14-10-9-11-15-19/h9-11,14-15H,2-8,12-13,16-18H2,1H3,(H,21,22). The maximum absolute atomic E-state index is 11.7. The van der Waals surface area contributed by atoms with Gasteiger partial charge in [0.15, 0.2) is 0 Å². The zero-order valence-corrected chi connectivity index (χ0v) is 14.3. The second kappa shape index (κ2) is 13.4. The van der Waals surface area contributed by atoms with Gasteiger partial charge in [0.05, 0.1) is 0 Å². The van der Waals surface area contributed by atoms with E-state index in [1.165, 1.54) is 50.5 Å². The van der Waals surface area contributed by atoms with E-state index < -0.39 is 0 Å². The van der Waals surface area contributed by atoms with E-state index in [2.05, 4.69) is 36.5 Å². The fourth-order valence-electron chi connectivity index (χ4n) is 2.67. The molecule has 124 valence electrons. The van der Waals surface area contributed by atoms with Crippen molar-refractivity contribution < 1.29 is 4.79 Å². The van der Waals surface area contributed by atoms with Crippen molar-refractivity contribution in [1.29, 1.82) is 0 Å². The van der Waals surface area contributed by atoms with Crippen LogP contribution in [0.4, 0.5) is 0 Å². The van der Waals surface area contributed by atoms with E-state index in [1.54, 1.807) is 0 Å². The first kappa shape index (κ1) is 18.7. The summed E-state index contributed by atoms with van der Waals surface area (Å²) < 4.78 is 0. The molecule has 2 nitrogen and oxygen atoms in total. The van der Waals surface area contributed by atoms with Crippen LogP contribution in [0.15, 0.2) is 30.3 Å². The van der Waals surface area contributed by atoms with E-state index in [1.807, 2.05) is 6.07 Å². The van der Waals surface area contributed by atoms with E-state index in [0.717, 1.165) is 25.8 Å². The summed E-state index contributed by atoms with van der Waals surface area (Å²) in [6.07, 6.45) is 13.0. The number of unbranched alkanes of at least 4 members (excludes halogenated alkanes) is 7. The monoisotopic (exact) mass is 303 g/mol. The smallest absolute Gasteiger partial charge is 0.219 e. The van der Waals surface area contributed by atoms with Crippen molar-refractivity contribution in [3.63, 3.8) is 0 Å². The third-order valence-electron chi connectivity index (χ3n) is 4.06. The summed E-state index contributed by atoms with van der Waals surface area (Å²) in [6.45, 7) is 3.04. The van der Waals surface area contributed by atoms with Gasteiger partial charge in [0, 0.05) is 13.0 Å². The first-order chi connectivity index (χ1) is 10.8. The lowest BCUT2D eigenvalue weighted by Crippen LogP contribution is -2.24. The van der Waals surface area contributed by atoms with Crippen LogP contribution in [0.25, 0.3) is 0 Å².